The van der Waals surface area contributed by atoms with Gasteiger partial charge in [-0.1, -0.05) is 56.1 Å². The molecule has 2 amide bonds. The molecule has 10 heteroatoms. The van der Waals surface area contributed by atoms with Crippen molar-refractivity contribution >= 4 is 50.7 Å². The molecule has 0 unspecified atom stereocenters. The Morgan fingerprint density at radius 1 is 1.03 bits per heavy atom. The molecule has 0 bridgehead atoms. The number of anilines is 1. The third kappa shape index (κ3) is 9.17. The minimum atomic E-state index is -3.57. The number of sulfonamides is 1. The summed E-state index contributed by atoms with van der Waals surface area (Å²) in [6.45, 7) is 10.3. The molecule has 0 fully saturated rings. The second-order valence-corrected chi connectivity index (χ2v) is 12.8. The van der Waals surface area contributed by atoms with Crippen LogP contribution in [0.1, 0.15) is 56.7 Å². The van der Waals surface area contributed by atoms with Crippen molar-refractivity contribution in [2.24, 2.45) is 5.92 Å². The molecule has 7 nitrogen and oxygen atoms in total. The van der Waals surface area contributed by atoms with Crippen LogP contribution in [-0.2, 0) is 26.2 Å². The lowest BCUT2D eigenvalue weighted by Gasteiger charge is -2.32. The lowest BCUT2D eigenvalue weighted by Crippen LogP contribution is -2.49. The van der Waals surface area contributed by atoms with Crippen molar-refractivity contribution in [2.45, 2.75) is 66.5 Å². The van der Waals surface area contributed by atoms with E-state index < -0.39 is 16.1 Å². The van der Waals surface area contributed by atoms with Gasteiger partial charge in [0, 0.05) is 41.7 Å². The fraction of sp³-hybridized carbons (Fsp3) is 0.500. The van der Waals surface area contributed by atoms with E-state index in [0.29, 0.717) is 34.3 Å². The Bertz CT molecular complexity index is 1190. The van der Waals surface area contributed by atoms with Crippen molar-refractivity contribution in [1.29, 1.82) is 0 Å². The molecule has 0 saturated carbocycles. The molecule has 38 heavy (non-hydrogen) atoms. The molecular weight excluding hydrogens is 545 g/mol. The molecule has 0 aliphatic rings. The Labute approximate surface area is 237 Å². The zero-order chi connectivity index (χ0) is 28.6. The fourth-order valence-electron chi connectivity index (χ4n) is 4.29. The van der Waals surface area contributed by atoms with Gasteiger partial charge in [-0.3, -0.25) is 13.9 Å². The molecule has 2 rings (SSSR count). The van der Waals surface area contributed by atoms with Gasteiger partial charge in [0.15, 0.2) is 0 Å². The number of aryl methyl sites for hydroxylation is 2. The monoisotopic (exact) mass is 583 g/mol. The van der Waals surface area contributed by atoms with Crippen LogP contribution in [0.4, 0.5) is 5.69 Å². The van der Waals surface area contributed by atoms with Gasteiger partial charge in [-0.2, -0.15) is 0 Å². The zero-order valence-corrected chi connectivity index (χ0v) is 25.4. The van der Waals surface area contributed by atoms with Crippen molar-refractivity contribution in [3.05, 3.63) is 63.1 Å². The maximum Gasteiger partial charge on any atom is 0.242 e. The molecule has 0 heterocycles. The maximum atomic E-state index is 13.6. The Morgan fingerprint density at radius 3 is 2.11 bits per heavy atom. The highest BCUT2D eigenvalue weighted by Gasteiger charge is 2.30. The molecule has 2 aromatic carbocycles. The van der Waals surface area contributed by atoms with Crippen LogP contribution in [-0.4, -0.2) is 50.5 Å². The van der Waals surface area contributed by atoms with Gasteiger partial charge in [-0.15, -0.1) is 0 Å². The van der Waals surface area contributed by atoms with Crippen molar-refractivity contribution in [2.75, 3.05) is 23.7 Å². The highest BCUT2D eigenvalue weighted by atomic mass is 35.5. The van der Waals surface area contributed by atoms with Gasteiger partial charge >= 0.3 is 0 Å². The van der Waals surface area contributed by atoms with Crippen LogP contribution >= 0.6 is 23.2 Å². The second kappa shape index (κ2) is 14.2. The van der Waals surface area contributed by atoms with Crippen molar-refractivity contribution in [3.8, 4) is 0 Å². The van der Waals surface area contributed by atoms with Crippen molar-refractivity contribution in [1.82, 2.24) is 10.2 Å². The largest absolute Gasteiger partial charge is 0.354 e. The number of carbonyl (C=O) groups is 2. The number of hydrogen-bond donors (Lipinski definition) is 1. The number of rotatable bonds is 13. The summed E-state index contributed by atoms with van der Waals surface area (Å²) in [4.78, 5) is 28.2. The first kappa shape index (κ1) is 31.9. The van der Waals surface area contributed by atoms with Crippen LogP contribution in [0, 0.1) is 19.8 Å². The Morgan fingerprint density at radius 2 is 1.61 bits per heavy atom. The Kier molecular flexibility index (Phi) is 11.9. The highest BCUT2D eigenvalue weighted by Crippen LogP contribution is 2.28. The van der Waals surface area contributed by atoms with Crippen LogP contribution in [0.25, 0.3) is 0 Å². The van der Waals surface area contributed by atoms with Crippen LogP contribution in [0.5, 0.6) is 0 Å². The van der Waals surface area contributed by atoms with Crippen molar-refractivity contribution < 1.29 is 18.0 Å². The van der Waals surface area contributed by atoms with Crippen LogP contribution in [0.2, 0.25) is 10.0 Å². The van der Waals surface area contributed by atoms with Crippen LogP contribution in [0.3, 0.4) is 0 Å². The van der Waals surface area contributed by atoms with E-state index in [1.807, 2.05) is 52.8 Å². The summed E-state index contributed by atoms with van der Waals surface area (Å²) in [5, 5.41) is 3.74. The Balaban J connectivity index is 2.29. The fourth-order valence-corrected chi connectivity index (χ4v) is 5.76. The van der Waals surface area contributed by atoms with Gasteiger partial charge in [0.25, 0.3) is 0 Å². The Hall–Kier alpha value is -2.29. The smallest absolute Gasteiger partial charge is 0.242 e. The predicted octanol–water partition coefficient (Wildman–Crippen LogP) is 5.74. The molecule has 0 spiro atoms. The highest BCUT2D eigenvalue weighted by molar-refractivity contribution is 7.92. The number of hydrogen-bond acceptors (Lipinski definition) is 4. The lowest BCUT2D eigenvalue weighted by molar-refractivity contribution is -0.141. The van der Waals surface area contributed by atoms with Gasteiger partial charge in [0.05, 0.1) is 11.9 Å². The van der Waals surface area contributed by atoms with E-state index >= 15 is 0 Å². The SMILES string of the molecule is CC[C@@H](C(=O)NCC(C)C)N(Cc1c(Cl)cccc1Cl)C(=O)CCCN(c1cc(C)cc(C)c1)S(C)(=O)=O. The first-order chi connectivity index (χ1) is 17.7. The van der Waals surface area contributed by atoms with Gasteiger partial charge in [-0.05, 0) is 68.0 Å². The number of amides is 2. The zero-order valence-electron chi connectivity index (χ0n) is 23.1. The number of nitrogens with zero attached hydrogens (tertiary/aromatic N) is 2. The summed E-state index contributed by atoms with van der Waals surface area (Å²) in [7, 11) is -3.57. The van der Waals surface area contributed by atoms with Crippen LogP contribution < -0.4 is 9.62 Å². The van der Waals surface area contributed by atoms with Crippen molar-refractivity contribution in [3.63, 3.8) is 0 Å². The van der Waals surface area contributed by atoms with Gasteiger partial charge < -0.3 is 10.2 Å². The third-order valence-electron chi connectivity index (χ3n) is 6.11. The summed E-state index contributed by atoms with van der Waals surface area (Å²) >= 11 is 12.8. The molecule has 0 saturated heterocycles. The standard InChI is InChI=1S/C28H39Cl2N3O4S/c1-7-26(28(35)31-17-19(2)3)32(18-23-24(29)10-8-11-25(23)30)27(34)12-9-13-33(38(6,36)37)22-15-20(4)14-21(5)16-22/h8,10-11,14-16,19,26H,7,9,12-13,17-18H2,1-6H3,(H,31,35)/t26-/m0/s1. The average Bonchev–Trinajstić information content (AvgIpc) is 2.80. The second-order valence-electron chi connectivity index (χ2n) is 10.1. The molecule has 0 aromatic heterocycles. The molecule has 1 atom stereocenters. The van der Waals surface area contributed by atoms with E-state index in [-0.39, 0.29) is 43.7 Å². The minimum absolute atomic E-state index is 0.0485. The molecule has 1 N–H and O–H groups in total. The number of halogens is 2. The number of carbonyl (C=O) groups excluding carboxylic acids is 2. The van der Waals surface area contributed by atoms with E-state index in [2.05, 4.69) is 5.32 Å². The number of nitrogens with one attached hydrogen (secondary N) is 1. The van der Waals surface area contributed by atoms with E-state index in [4.69, 9.17) is 23.2 Å². The molecule has 0 aliphatic heterocycles. The molecule has 210 valence electrons. The first-order valence-corrected chi connectivity index (χ1v) is 15.4. The third-order valence-corrected chi connectivity index (χ3v) is 8.01. The first-order valence-electron chi connectivity index (χ1n) is 12.8. The minimum Gasteiger partial charge on any atom is -0.354 e. The van der Waals surface area contributed by atoms with E-state index in [1.54, 1.807) is 18.2 Å². The summed E-state index contributed by atoms with van der Waals surface area (Å²) in [5.74, 6) is -0.266. The lowest BCUT2D eigenvalue weighted by atomic mass is 10.1. The number of benzene rings is 2. The quantitative estimate of drug-likeness (QED) is 0.326. The maximum absolute atomic E-state index is 13.6. The molecular formula is C28H39Cl2N3O4S. The predicted molar refractivity (Wildman–Crippen MR) is 156 cm³/mol. The summed E-state index contributed by atoms with van der Waals surface area (Å²) in [6, 6.07) is 9.98. The molecule has 0 aliphatic carbocycles. The van der Waals surface area contributed by atoms with Crippen LogP contribution in [0.15, 0.2) is 36.4 Å². The molecule has 2 aromatic rings. The summed E-state index contributed by atoms with van der Waals surface area (Å²) < 4.78 is 26.5. The molecule has 0 radical (unpaired) electrons. The van der Waals surface area contributed by atoms with Gasteiger partial charge in [0.1, 0.15) is 6.04 Å². The topological polar surface area (TPSA) is 86.8 Å². The van der Waals surface area contributed by atoms with E-state index in [0.717, 1.165) is 17.4 Å². The summed E-state index contributed by atoms with van der Waals surface area (Å²) in [6.07, 6.45) is 1.88. The normalized spacial score (nSPS) is 12.3. The van der Waals surface area contributed by atoms with E-state index in [9.17, 15) is 18.0 Å². The average molecular weight is 585 g/mol. The summed E-state index contributed by atoms with van der Waals surface area (Å²) in [5.41, 5.74) is 3.03. The van der Waals surface area contributed by atoms with Gasteiger partial charge in [0.2, 0.25) is 21.8 Å². The van der Waals surface area contributed by atoms with E-state index in [1.165, 1.54) is 9.21 Å². The van der Waals surface area contributed by atoms with Gasteiger partial charge in [-0.25, -0.2) is 8.42 Å².